The Hall–Kier alpha value is -1.09. The molecule has 0 unspecified atom stereocenters. The van der Waals surface area contributed by atoms with E-state index < -0.39 is 0 Å². The fourth-order valence-corrected chi connectivity index (χ4v) is 2.48. The van der Waals surface area contributed by atoms with E-state index in [1.807, 2.05) is 12.4 Å². The number of alkyl halides is 1. The van der Waals surface area contributed by atoms with Crippen molar-refractivity contribution < 1.29 is 0 Å². The summed E-state index contributed by atoms with van der Waals surface area (Å²) in [5.74, 6) is 1.74. The third-order valence-corrected chi connectivity index (χ3v) is 3.51. The van der Waals surface area contributed by atoms with Gasteiger partial charge in [0.1, 0.15) is 11.3 Å². The summed E-state index contributed by atoms with van der Waals surface area (Å²) in [6.45, 7) is 0. The van der Waals surface area contributed by atoms with E-state index in [0.29, 0.717) is 11.9 Å². The standard InChI is InChI=1S/C12H14ClN3/c13-6-4-12-15-10-8-14-7-5-11(10)16(12)9-2-1-3-9/h5,7-9H,1-4,6H2. The van der Waals surface area contributed by atoms with Crippen LogP contribution in [-0.4, -0.2) is 20.4 Å². The van der Waals surface area contributed by atoms with Gasteiger partial charge in [0.25, 0.3) is 0 Å². The van der Waals surface area contributed by atoms with Gasteiger partial charge in [0, 0.05) is 24.5 Å². The number of imidazole rings is 1. The van der Waals surface area contributed by atoms with Crippen LogP contribution in [0.3, 0.4) is 0 Å². The molecule has 0 aliphatic heterocycles. The Bertz CT molecular complexity index is 502. The molecule has 1 saturated carbocycles. The van der Waals surface area contributed by atoms with Gasteiger partial charge in [-0.2, -0.15) is 0 Å². The number of hydrogen-bond donors (Lipinski definition) is 0. The second kappa shape index (κ2) is 4.06. The summed E-state index contributed by atoms with van der Waals surface area (Å²) in [6, 6.07) is 2.68. The van der Waals surface area contributed by atoms with Gasteiger partial charge in [-0.3, -0.25) is 4.98 Å². The molecule has 0 N–H and O–H groups in total. The molecule has 1 aliphatic carbocycles. The van der Waals surface area contributed by atoms with Crippen LogP contribution in [-0.2, 0) is 6.42 Å². The van der Waals surface area contributed by atoms with E-state index in [1.54, 1.807) is 0 Å². The summed E-state index contributed by atoms with van der Waals surface area (Å²) >= 11 is 5.83. The smallest absolute Gasteiger partial charge is 0.111 e. The Morgan fingerprint density at radius 3 is 3.00 bits per heavy atom. The number of aryl methyl sites for hydroxylation is 1. The minimum Gasteiger partial charge on any atom is -0.325 e. The van der Waals surface area contributed by atoms with Gasteiger partial charge in [-0.25, -0.2) is 4.98 Å². The van der Waals surface area contributed by atoms with Crippen molar-refractivity contribution >= 4 is 22.6 Å². The molecule has 0 aromatic carbocycles. The molecule has 0 bridgehead atoms. The van der Waals surface area contributed by atoms with Gasteiger partial charge in [0.15, 0.2) is 0 Å². The predicted molar refractivity (Wildman–Crippen MR) is 64.8 cm³/mol. The topological polar surface area (TPSA) is 30.7 Å². The highest BCUT2D eigenvalue weighted by molar-refractivity contribution is 6.17. The van der Waals surface area contributed by atoms with E-state index in [4.69, 9.17) is 11.6 Å². The second-order valence-corrected chi connectivity index (χ2v) is 4.66. The van der Waals surface area contributed by atoms with Crippen molar-refractivity contribution in [3.8, 4) is 0 Å². The van der Waals surface area contributed by atoms with Crippen molar-refractivity contribution in [3.05, 3.63) is 24.3 Å². The lowest BCUT2D eigenvalue weighted by Gasteiger charge is -2.29. The Morgan fingerprint density at radius 1 is 1.44 bits per heavy atom. The van der Waals surface area contributed by atoms with Crippen LogP contribution in [0.4, 0.5) is 0 Å². The number of hydrogen-bond acceptors (Lipinski definition) is 2. The van der Waals surface area contributed by atoms with Crippen molar-refractivity contribution in [2.24, 2.45) is 0 Å². The normalized spacial score (nSPS) is 16.6. The SMILES string of the molecule is ClCCc1nc2cnccc2n1C1CCC1. The Balaban J connectivity index is 2.14. The van der Waals surface area contributed by atoms with Gasteiger partial charge >= 0.3 is 0 Å². The van der Waals surface area contributed by atoms with Crippen molar-refractivity contribution in [2.45, 2.75) is 31.7 Å². The first kappa shape index (κ1) is 10.1. The molecule has 2 heterocycles. The fraction of sp³-hybridized carbons (Fsp3) is 0.500. The van der Waals surface area contributed by atoms with E-state index in [-0.39, 0.29) is 0 Å². The first-order valence-corrected chi connectivity index (χ1v) is 6.30. The Morgan fingerprint density at radius 2 is 2.31 bits per heavy atom. The number of nitrogens with zero attached hydrogens (tertiary/aromatic N) is 3. The maximum atomic E-state index is 5.83. The average Bonchev–Trinajstić information content (AvgIpc) is 2.56. The van der Waals surface area contributed by atoms with Gasteiger partial charge in [0.2, 0.25) is 0 Å². The Labute approximate surface area is 99.5 Å². The molecule has 2 aromatic heterocycles. The molecule has 3 rings (SSSR count). The summed E-state index contributed by atoms with van der Waals surface area (Å²) < 4.78 is 2.36. The number of aromatic nitrogens is 3. The van der Waals surface area contributed by atoms with Crippen LogP contribution in [0, 0.1) is 0 Å². The summed E-state index contributed by atoms with van der Waals surface area (Å²) in [5.41, 5.74) is 2.20. The van der Waals surface area contributed by atoms with Crippen molar-refractivity contribution in [1.82, 2.24) is 14.5 Å². The van der Waals surface area contributed by atoms with Crippen molar-refractivity contribution in [2.75, 3.05) is 5.88 Å². The molecular formula is C12H14ClN3. The highest BCUT2D eigenvalue weighted by Crippen LogP contribution is 2.35. The largest absolute Gasteiger partial charge is 0.325 e. The van der Waals surface area contributed by atoms with Crippen LogP contribution in [0.2, 0.25) is 0 Å². The molecule has 4 heteroatoms. The van der Waals surface area contributed by atoms with E-state index in [0.717, 1.165) is 17.8 Å². The maximum Gasteiger partial charge on any atom is 0.111 e. The lowest BCUT2D eigenvalue weighted by Crippen LogP contribution is -2.19. The molecule has 3 nitrogen and oxygen atoms in total. The van der Waals surface area contributed by atoms with Gasteiger partial charge in [-0.05, 0) is 25.3 Å². The van der Waals surface area contributed by atoms with Crippen LogP contribution in [0.1, 0.15) is 31.1 Å². The molecule has 0 amide bonds. The minimum atomic E-state index is 0.628. The molecule has 0 atom stereocenters. The first-order chi connectivity index (χ1) is 7.90. The van der Waals surface area contributed by atoms with Gasteiger partial charge in [-0.1, -0.05) is 0 Å². The molecular weight excluding hydrogens is 222 g/mol. The van der Waals surface area contributed by atoms with Gasteiger partial charge in [0.05, 0.1) is 11.7 Å². The molecule has 0 saturated heterocycles. The summed E-state index contributed by atoms with van der Waals surface area (Å²) in [7, 11) is 0. The van der Waals surface area contributed by atoms with Crippen LogP contribution in [0.15, 0.2) is 18.5 Å². The van der Waals surface area contributed by atoms with Crippen LogP contribution >= 0.6 is 11.6 Å². The summed E-state index contributed by atoms with van der Waals surface area (Å²) in [4.78, 5) is 8.74. The van der Waals surface area contributed by atoms with E-state index in [2.05, 4.69) is 20.6 Å². The van der Waals surface area contributed by atoms with Crippen molar-refractivity contribution in [3.63, 3.8) is 0 Å². The molecule has 1 fully saturated rings. The van der Waals surface area contributed by atoms with E-state index >= 15 is 0 Å². The summed E-state index contributed by atoms with van der Waals surface area (Å²) in [6.07, 6.45) is 8.38. The summed E-state index contributed by atoms with van der Waals surface area (Å²) in [5, 5.41) is 0. The zero-order valence-corrected chi connectivity index (χ0v) is 9.82. The molecule has 16 heavy (non-hydrogen) atoms. The Kier molecular flexibility index (Phi) is 2.56. The van der Waals surface area contributed by atoms with E-state index in [1.165, 1.54) is 24.8 Å². The zero-order chi connectivity index (χ0) is 11.0. The number of fused-ring (bicyclic) bond motifs is 1. The first-order valence-electron chi connectivity index (χ1n) is 5.77. The lowest BCUT2D eigenvalue weighted by atomic mass is 9.92. The monoisotopic (exact) mass is 235 g/mol. The average molecular weight is 236 g/mol. The quantitative estimate of drug-likeness (QED) is 0.766. The predicted octanol–water partition coefficient (Wildman–Crippen LogP) is 2.94. The number of rotatable bonds is 3. The van der Waals surface area contributed by atoms with Crippen LogP contribution in [0.25, 0.3) is 11.0 Å². The third kappa shape index (κ3) is 1.50. The van der Waals surface area contributed by atoms with Crippen LogP contribution in [0.5, 0.6) is 0 Å². The molecule has 1 aliphatic rings. The molecule has 2 aromatic rings. The molecule has 84 valence electrons. The minimum absolute atomic E-state index is 0.628. The number of halogens is 1. The molecule has 0 radical (unpaired) electrons. The second-order valence-electron chi connectivity index (χ2n) is 4.29. The third-order valence-electron chi connectivity index (χ3n) is 3.32. The lowest BCUT2D eigenvalue weighted by molar-refractivity contribution is 0.314. The van der Waals surface area contributed by atoms with Gasteiger partial charge < -0.3 is 4.57 Å². The van der Waals surface area contributed by atoms with Crippen LogP contribution < -0.4 is 0 Å². The highest BCUT2D eigenvalue weighted by Gasteiger charge is 2.24. The molecule has 0 spiro atoms. The zero-order valence-electron chi connectivity index (χ0n) is 9.06. The maximum absolute atomic E-state index is 5.83. The highest BCUT2D eigenvalue weighted by atomic mass is 35.5. The fourth-order valence-electron chi connectivity index (χ4n) is 2.31. The van der Waals surface area contributed by atoms with Gasteiger partial charge in [-0.15, -0.1) is 11.6 Å². The van der Waals surface area contributed by atoms with Crippen molar-refractivity contribution in [1.29, 1.82) is 0 Å². The van der Waals surface area contributed by atoms with E-state index in [9.17, 15) is 0 Å². The number of pyridine rings is 1.